The van der Waals surface area contributed by atoms with E-state index in [0.717, 1.165) is 23.3 Å². The topological polar surface area (TPSA) is 30.5 Å². The molecule has 0 radical (unpaired) electrons. The van der Waals surface area contributed by atoms with Crippen molar-refractivity contribution in [1.29, 1.82) is 0 Å². The lowest BCUT2D eigenvalue weighted by Crippen LogP contribution is -2.40. The molecule has 2 atom stereocenters. The Hall–Kier alpha value is -3.00. The molecule has 0 saturated carbocycles. The SMILES string of the molecule is C=C[C@H](NCc1ccc(C(F)(F)F)c(F)c1)[C@H]1COC(c2ccccc2)(c2ccccc2)O1. The van der Waals surface area contributed by atoms with E-state index in [0.29, 0.717) is 5.56 Å². The Bertz CT molecular complexity index is 1050. The second-order valence-corrected chi connectivity index (χ2v) is 7.77. The van der Waals surface area contributed by atoms with Crippen LogP contribution in [0.5, 0.6) is 0 Å². The van der Waals surface area contributed by atoms with Crippen molar-refractivity contribution in [1.82, 2.24) is 5.32 Å². The Kier molecular flexibility index (Phi) is 6.65. The number of hydrogen-bond donors (Lipinski definition) is 1. The van der Waals surface area contributed by atoms with Gasteiger partial charge in [-0.1, -0.05) is 72.8 Å². The van der Waals surface area contributed by atoms with E-state index in [1.807, 2.05) is 60.7 Å². The highest BCUT2D eigenvalue weighted by Gasteiger charge is 2.46. The predicted molar refractivity (Wildman–Crippen MR) is 117 cm³/mol. The van der Waals surface area contributed by atoms with E-state index in [2.05, 4.69) is 11.9 Å². The van der Waals surface area contributed by atoms with Crippen LogP contribution < -0.4 is 5.32 Å². The maximum absolute atomic E-state index is 13.9. The van der Waals surface area contributed by atoms with Gasteiger partial charge < -0.3 is 14.8 Å². The Morgan fingerprint density at radius 2 is 1.61 bits per heavy atom. The van der Waals surface area contributed by atoms with Crippen molar-refractivity contribution >= 4 is 0 Å². The molecule has 4 rings (SSSR count). The molecular formula is C26H23F4NO2. The van der Waals surface area contributed by atoms with Crippen LogP contribution in [0.2, 0.25) is 0 Å². The van der Waals surface area contributed by atoms with Crippen LogP contribution in [0.15, 0.2) is 91.5 Å². The first kappa shape index (κ1) is 23.2. The van der Waals surface area contributed by atoms with Gasteiger partial charge in [-0.3, -0.25) is 0 Å². The summed E-state index contributed by atoms with van der Waals surface area (Å²) in [5, 5.41) is 3.18. The maximum atomic E-state index is 13.9. The Morgan fingerprint density at radius 1 is 1.00 bits per heavy atom. The normalized spacial score (nSPS) is 18.7. The van der Waals surface area contributed by atoms with E-state index in [1.165, 1.54) is 6.07 Å². The zero-order valence-corrected chi connectivity index (χ0v) is 17.7. The van der Waals surface area contributed by atoms with Gasteiger partial charge in [0.05, 0.1) is 18.2 Å². The summed E-state index contributed by atoms with van der Waals surface area (Å²) in [4.78, 5) is 0. The van der Waals surface area contributed by atoms with Crippen LogP contribution in [-0.4, -0.2) is 18.8 Å². The first-order chi connectivity index (χ1) is 15.8. The van der Waals surface area contributed by atoms with Gasteiger partial charge in [-0.25, -0.2) is 4.39 Å². The minimum absolute atomic E-state index is 0.134. The van der Waals surface area contributed by atoms with Gasteiger partial charge in [-0.15, -0.1) is 6.58 Å². The van der Waals surface area contributed by atoms with E-state index < -0.39 is 29.4 Å². The van der Waals surface area contributed by atoms with Crippen LogP contribution >= 0.6 is 0 Å². The van der Waals surface area contributed by atoms with Crippen molar-refractivity contribution in [3.05, 3.63) is 120 Å². The van der Waals surface area contributed by atoms with E-state index in [1.54, 1.807) is 6.08 Å². The number of halogens is 4. The molecule has 0 unspecified atom stereocenters. The summed E-state index contributed by atoms with van der Waals surface area (Å²) in [5.41, 5.74) is 0.774. The molecule has 0 amide bonds. The minimum atomic E-state index is -4.73. The fraction of sp³-hybridized carbons (Fsp3) is 0.231. The third-order valence-electron chi connectivity index (χ3n) is 5.61. The van der Waals surface area contributed by atoms with Crippen LogP contribution in [0, 0.1) is 5.82 Å². The fourth-order valence-corrected chi connectivity index (χ4v) is 3.94. The molecule has 0 spiro atoms. The molecule has 3 aromatic rings. The van der Waals surface area contributed by atoms with Gasteiger partial charge >= 0.3 is 6.18 Å². The van der Waals surface area contributed by atoms with E-state index >= 15 is 0 Å². The molecule has 1 fully saturated rings. The number of rotatable bonds is 7. The lowest BCUT2D eigenvalue weighted by molar-refractivity contribution is -0.144. The smallest absolute Gasteiger partial charge is 0.339 e. The summed E-state index contributed by atoms with van der Waals surface area (Å²) in [6.45, 7) is 4.25. The van der Waals surface area contributed by atoms with E-state index in [4.69, 9.17) is 9.47 Å². The molecule has 1 heterocycles. The molecular weight excluding hydrogens is 434 g/mol. The average molecular weight is 457 g/mol. The summed E-state index contributed by atoms with van der Waals surface area (Å²) in [6, 6.07) is 21.7. The molecule has 1 aliphatic rings. The van der Waals surface area contributed by atoms with Crippen LogP contribution in [0.3, 0.4) is 0 Å². The van der Waals surface area contributed by atoms with Crippen molar-refractivity contribution in [2.24, 2.45) is 0 Å². The molecule has 1 saturated heterocycles. The molecule has 3 nitrogen and oxygen atoms in total. The van der Waals surface area contributed by atoms with Crippen LogP contribution in [0.1, 0.15) is 22.3 Å². The zero-order chi connectivity index (χ0) is 23.5. The molecule has 33 heavy (non-hydrogen) atoms. The van der Waals surface area contributed by atoms with Gasteiger partial charge in [0, 0.05) is 17.7 Å². The van der Waals surface area contributed by atoms with Gasteiger partial charge in [0.2, 0.25) is 5.79 Å². The highest BCUT2D eigenvalue weighted by atomic mass is 19.4. The zero-order valence-electron chi connectivity index (χ0n) is 17.7. The predicted octanol–water partition coefficient (Wildman–Crippen LogP) is 5.81. The molecule has 172 valence electrons. The lowest BCUT2D eigenvalue weighted by Gasteiger charge is -2.30. The highest BCUT2D eigenvalue weighted by molar-refractivity contribution is 5.35. The Morgan fingerprint density at radius 3 is 2.12 bits per heavy atom. The summed E-state index contributed by atoms with van der Waals surface area (Å²) in [6.07, 6.45) is -3.50. The third-order valence-corrected chi connectivity index (χ3v) is 5.61. The first-order valence-corrected chi connectivity index (χ1v) is 10.5. The summed E-state index contributed by atoms with van der Waals surface area (Å²) >= 11 is 0. The molecule has 0 aliphatic carbocycles. The number of nitrogens with one attached hydrogen (secondary N) is 1. The number of hydrogen-bond acceptors (Lipinski definition) is 3. The first-order valence-electron chi connectivity index (χ1n) is 10.5. The largest absolute Gasteiger partial charge is 0.419 e. The van der Waals surface area contributed by atoms with E-state index in [9.17, 15) is 17.6 Å². The molecule has 1 aliphatic heterocycles. The van der Waals surface area contributed by atoms with Crippen molar-refractivity contribution < 1.29 is 27.0 Å². The second-order valence-electron chi connectivity index (χ2n) is 7.77. The van der Waals surface area contributed by atoms with Gasteiger partial charge in [-0.2, -0.15) is 13.2 Å². The van der Waals surface area contributed by atoms with Crippen molar-refractivity contribution in [2.75, 3.05) is 6.61 Å². The van der Waals surface area contributed by atoms with Gasteiger partial charge in [-0.05, 0) is 17.7 Å². The monoisotopic (exact) mass is 457 g/mol. The second kappa shape index (κ2) is 9.47. The molecule has 3 aromatic carbocycles. The average Bonchev–Trinajstić information content (AvgIpc) is 3.26. The van der Waals surface area contributed by atoms with Crippen LogP contribution in [-0.2, 0) is 28.0 Å². The van der Waals surface area contributed by atoms with Gasteiger partial charge in [0.15, 0.2) is 0 Å². The lowest BCUT2D eigenvalue weighted by atomic mass is 9.97. The molecule has 7 heteroatoms. The maximum Gasteiger partial charge on any atom is 0.419 e. The van der Waals surface area contributed by atoms with Gasteiger partial charge in [0.25, 0.3) is 0 Å². The van der Waals surface area contributed by atoms with Crippen LogP contribution in [0.25, 0.3) is 0 Å². The van der Waals surface area contributed by atoms with Crippen molar-refractivity contribution in [2.45, 2.75) is 30.7 Å². The highest BCUT2D eigenvalue weighted by Crippen LogP contribution is 2.41. The summed E-state index contributed by atoms with van der Waals surface area (Å²) in [7, 11) is 0. The summed E-state index contributed by atoms with van der Waals surface area (Å²) < 4.78 is 65.0. The molecule has 1 N–H and O–H groups in total. The van der Waals surface area contributed by atoms with Crippen molar-refractivity contribution in [3.63, 3.8) is 0 Å². The van der Waals surface area contributed by atoms with Crippen molar-refractivity contribution in [3.8, 4) is 0 Å². The number of alkyl halides is 3. The van der Waals surface area contributed by atoms with E-state index in [-0.39, 0.29) is 19.2 Å². The minimum Gasteiger partial charge on any atom is -0.339 e. The fourth-order valence-electron chi connectivity index (χ4n) is 3.94. The third kappa shape index (κ3) is 4.85. The number of ether oxygens (including phenoxy) is 2. The van der Waals surface area contributed by atoms with Gasteiger partial charge in [0.1, 0.15) is 11.9 Å². The molecule has 0 aromatic heterocycles. The van der Waals surface area contributed by atoms with Crippen LogP contribution in [0.4, 0.5) is 17.6 Å². The molecule has 0 bridgehead atoms. The Labute approximate surface area is 189 Å². The standard InChI is InChI=1S/C26H23F4NO2/c1-2-23(31-16-18-13-14-21(22(27)15-18)26(28,29)30)24-17-32-25(33-24,19-9-5-3-6-10-19)20-11-7-4-8-12-20/h2-15,23-24,31H,1,16-17H2/t23-,24+/m0/s1. The summed E-state index contributed by atoms with van der Waals surface area (Å²) in [5.74, 6) is -2.40. The number of benzene rings is 3. The quantitative estimate of drug-likeness (QED) is 0.359. The Balaban J connectivity index is 1.52.